The highest BCUT2D eigenvalue weighted by Gasteiger charge is 2.78. The average molecular weight is 896 g/mol. The summed E-state index contributed by atoms with van der Waals surface area (Å²) in [6.45, 7) is 9.06. The van der Waals surface area contributed by atoms with E-state index in [1.807, 2.05) is 0 Å². The summed E-state index contributed by atoms with van der Waals surface area (Å²) in [5, 5.41) is 40.4. The number of aliphatic hydroxyl groups excluding tert-OH is 2. The normalized spacial score (nSPS) is 30.9. The average Bonchev–Trinajstić information content (AvgIpc) is 3.26. The molecule has 1 aliphatic heterocycles. The third kappa shape index (κ3) is 7.96. The van der Waals surface area contributed by atoms with Crippen LogP contribution >= 0.6 is 0 Å². The van der Waals surface area contributed by atoms with Gasteiger partial charge in [-0.1, -0.05) is 74.5 Å². The fourth-order valence-corrected chi connectivity index (χ4v) is 10.5. The van der Waals surface area contributed by atoms with Crippen molar-refractivity contribution in [1.82, 2.24) is 5.32 Å². The van der Waals surface area contributed by atoms with Gasteiger partial charge in [0.2, 0.25) is 0 Å². The van der Waals surface area contributed by atoms with Crippen molar-refractivity contribution >= 4 is 41.4 Å². The molecule has 3 fully saturated rings. The van der Waals surface area contributed by atoms with Crippen LogP contribution in [0, 0.1) is 16.7 Å². The molecule has 0 radical (unpaired) electrons. The number of fused-ring (bicyclic) bond motifs is 5. The summed E-state index contributed by atoms with van der Waals surface area (Å²) in [7, 11) is 0. The Morgan fingerprint density at radius 2 is 1.43 bits per heavy atom. The molecule has 3 aromatic rings. The van der Waals surface area contributed by atoms with Crippen molar-refractivity contribution in [3.63, 3.8) is 0 Å². The highest BCUT2D eigenvalue weighted by molar-refractivity contribution is 5.98. The van der Waals surface area contributed by atoms with E-state index < -0.39 is 113 Å². The second-order valence-electron chi connectivity index (χ2n) is 18.1. The van der Waals surface area contributed by atoms with Gasteiger partial charge < -0.3 is 44.3 Å². The number of benzene rings is 3. The van der Waals surface area contributed by atoms with Crippen LogP contribution < -0.4 is 5.32 Å². The van der Waals surface area contributed by atoms with Crippen molar-refractivity contribution in [3.8, 4) is 0 Å². The molecule has 3 aliphatic carbocycles. The molecule has 3 aromatic carbocycles. The van der Waals surface area contributed by atoms with Crippen molar-refractivity contribution in [2.75, 3.05) is 6.61 Å². The summed E-state index contributed by atoms with van der Waals surface area (Å²) in [5.41, 5.74) is -7.44. The fraction of sp³-hybridized carbons (Fsp3) is 0.449. The van der Waals surface area contributed by atoms with Gasteiger partial charge in [0, 0.05) is 43.2 Å². The van der Waals surface area contributed by atoms with E-state index in [0.29, 0.717) is 5.56 Å². The van der Waals surface area contributed by atoms with Gasteiger partial charge in [-0.15, -0.1) is 0 Å². The van der Waals surface area contributed by atoms with Crippen LogP contribution in [0.15, 0.2) is 96.1 Å². The lowest BCUT2D eigenvalue weighted by Gasteiger charge is -2.67. The van der Waals surface area contributed by atoms with Crippen LogP contribution in [0.2, 0.25) is 0 Å². The molecule has 1 saturated heterocycles. The molecular weight excluding hydrogens is 843 g/mol. The van der Waals surface area contributed by atoms with Crippen molar-refractivity contribution in [3.05, 3.63) is 118 Å². The first-order valence-electron chi connectivity index (χ1n) is 21.3. The maximum atomic E-state index is 15.6. The zero-order valence-corrected chi connectivity index (χ0v) is 37.1. The zero-order chi connectivity index (χ0) is 47.4. The largest absolute Gasteiger partial charge is 0.456 e. The predicted molar refractivity (Wildman–Crippen MR) is 228 cm³/mol. The zero-order valence-electron chi connectivity index (χ0n) is 37.1. The molecule has 4 aliphatic rings. The highest BCUT2D eigenvalue weighted by Crippen LogP contribution is 2.64. The molecule has 1 heterocycles. The third-order valence-electron chi connectivity index (χ3n) is 14.0. The SMILES string of the molecule is CC(=O)O[C@H]1C(=O)[C@@]2(C)[C@H]([C@H](OC(=O)c3cccc(C(C)=O)c3)[C@]3(O)C[C@H](OC(=O)[C@H](O)[C@@H](NC(=O)c4ccccc4)c4ccccc4)C(C)=C1C3(C)C)[C@]1(OC(C)=O)CO[C@@H]1C[C@@H]2O. The van der Waals surface area contributed by atoms with Crippen molar-refractivity contribution in [2.24, 2.45) is 16.7 Å². The first-order chi connectivity index (χ1) is 30.6. The second kappa shape index (κ2) is 17.4. The maximum Gasteiger partial charge on any atom is 0.338 e. The van der Waals surface area contributed by atoms with E-state index in [2.05, 4.69) is 5.32 Å². The number of rotatable bonds is 11. The minimum atomic E-state index is -2.47. The molecule has 344 valence electrons. The van der Waals surface area contributed by atoms with Crippen LogP contribution in [-0.4, -0.2) is 111 Å². The number of hydrogen-bond acceptors (Lipinski definition) is 15. The lowest BCUT2D eigenvalue weighted by Crippen LogP contribution is -2.82. The number of aliphatic hydroxyl groups is 3. The van der Waals surface area contributed by atoms with Gasteiger partial charge in [-0.25, -0.2) is 9.59 Å². The minimum Gasteiger partial charge on any atom is -0.456 e. The van der Waals surface area contributed by atoms with Crippen LogP contribution in [0.1, 0.15) is 104 Å². The Balaban J connectivity index is 1.40. The maximum absolute atomic E-state index is 15.6. The quantitative estimate of drug-likeness (QED) is 0.0923. The van der Waals surface area contributed by atoms with Crippen molar-refractivity contribution in [1.29, 1.82) is 0 Å². The van der Waals surface area contributed by atoms with Crippen LogP contribution in [0.4, 0.5) is 0 Å². The Morgan fingerprint density at radius 3 is 2.02 bits per heavy atom. The molecule has 2 saturated carbocycles. The highest BCUT2D eigenvalue weighted by atomic mass is 16.6. The summed E-state index contributed by atoms with van der Waals surface area (Å²) in [6.07, 6.45) is -10.9. The molecule has 2 bridgehead atoms. The van der Waals surface area contributed by atoms with Gasteiger partial charge in [0.05, 0.1) is 35.6 Å². The van der Waals surface area contributed by atoms with Crippen LogP contribution in [0.5, 0.6) is 0 Å². The van der Waals surface area contributed by atoms with Crippen LogP contribution in [0.25, 0.3) is 0 Å². The molecular formula is C49H53NO15. The summed E-state index contributed by atoms with van der Waals surface area (Å²) < 4.78 is 30.3. The van der Waals surface area contributed by atoms with E-state index in [4.69, 9.17) is 23.7 Å². The lowest BCUT2D eigenvalue weighted by molar-refractivity contribution is -0.346. The van der Waals surface area contributed by atoms with Crippen LogP contribution in [-0.2, 0) is 42.9 Å². The first kappa shape index (κ1) is 46.9. The summed E-state index contributed by atoms with van der Waals surface area (Å²) in [4.78, 5) is 96.4. The Morgan fingerprint density at radius 1 is 0.815 bits per heavy atom. The fourth-order valence-electron chi connectivity index (χ4n) is 10.5. The smallest absolute Gasteiger partial charge is 0.338 e. The number of ketones is 2. The predicted octanol–water partition coefficient (Wildman–Crippen LogP) is 3.94. The molecule has 1 amide bonds. The first-order valence-corrected chi connectivity index (χ1v) is 21.3. The van der Waals surface area contributed by atoms with Gasteiger partial charge in [-0.3, -0.25) is 24.0 Å². The molecule has 0 unspecified atom stereocenters. The monoisotopic (exact) mass is 895 g/mol. The summed E-state index contributed by atoms with van der Waals surface area (Å²) >= 11 is 0. The van der Waals surface area contributed by atoms with Gasteiger partial charge in [0.15, 0.2) is 29.4 Å². The number of ether oxygens (including phenoxy) is 5. The Kier molecular flexibility index (Phi) is 12.5. The minimum absolute atomic E-state index is 0.0456. The topological polar surface area (TPSA) is 238 Å². The summed E-state index contributed by atoms with van der Waals surface area (Å²) in [6, 6.07) is 20.6. The molecule has 65 heavy (non-hydrogen) atoms. The van der Waals surface area contributed by atoms with Gasteiger partial charge in [0.1, 0.15) is 23.9 Å². The van der Waals surface area contributed by atoms with E-state index in [-0.39, 0.29) is 46.6 Å². The second-order valence-corrected chi connectivity index (χ2v) is 18.1. The van der Waals surface area contributed by atoms with E-state index in [1.165, 1.54) is 58.9 Å². The third-order valence-corrected chi connectivity index (χ3v) is 14.0. The Hall–Kier alpha value is -6.07. The number of carbonyl (C=O) groups excluding carboxylic acids is 7. The van der Waals surface area contributed by atoms with Crippen molar-refractivity contribution < 1.29 is 72.6 Å². The van der Waals surface area contributed by atoms with E-state index in [1.54, 1.807) is 60.7 Å². The number of Topliss-reactive ketones (excluding diaryl/α,β-unsaturated/α-hetero) is 2. The lowest BCUT2D eigenvalue weighted by atomic mass is 9.44. The standard InChI is InChI=1S/C49H53NO15/c1-25-33(63-45(59)38(55)37(29-15-10-8-11-16-29)50-43(57)30-17-12-9-13-18-30)23-49(60)42(64-44(58)32-20-14-19-31(21-32)26(2)51)40-47(7,34(54)22-35-48(40,24-61-35)65-28(4)53)41(56)39(62-27(3)52)36(25)46(49,5)6/h8-21,33-35,37-40,42,54-55,60H,22-24H2,1-7H3,(H,50,57)/t33-,34-,35+,37-,38+,39+,40-,42-,47+,48-,49+/m0/s1. The van der Waals surface area contributed by atoms with Gasteiger partial charge in [-0.05, 0) is 61.7 Å². The molecule has 16 nitrogen and oxygen atoms in total. The van der Waals surface area contributed by atoms with Gasteiger partial charge in [-0.2, -0.15) is 0 Å². The molecule has 7 rings (SSSR count). The van der Waals surface area contributed by atoms with E-state index >= 15 is 4.79 Å². The number of nitrogens with one attached hydrogen (secondary N) is 1. The number of carbonyl (C=O) groups is 7. The number of amides is 1. The number of esters is 4. The van der Waals surface area contributed by atoms with E-state index in [0.717, 1.165) is 13.8 Å². The van der Waals surface area contributed by atoms with Crippen molar-refractivity contribution in [2.45, 2.75) is 115 Å². The van der Waals surface area contributed by atoms with Gasteiger partial charge >= 0.3 is 23.9 Å². The van der Waals surface area contributed by atoms with Crippen LogP contribution in [0.3, 0.4) is 0 Å². The molecule has 16 heteroatoms. The molecule has 11 atom stereocenters. The molecule has 4 N–H and O–H groups in total. The summed E-state index contributed by atoms with van der Waals surface area (Å²) in [5.74, 6) is -7.57. The van der Waals surface area contributed by atoms with E-state index in [9.17, 15) is 44.1 Å². The molecule has 0 spiro atoms. The Labute approximate surface area is 375 Å². The molecule has 0 aromatic heterocycles. The van der Waals surface area contributed by atoms with Gasteiger partial charge in [0.25, 0.3) is 5.91 Å². The Bertz CT molecular complexity index is 2450. The number of hydrogen-bond donors (Lipinski definition) is 4.